The Morgan fingerprint density at radius 2 is 1.34 bits per heavy atom. The number of ether oxygens (including phenoxy) is 2. The van der Waals surface area contributed by atoms with E-state index in [1.165, 1.54) is 11.1 Å². The van der Waals surface area contributed by atoms with E-state index in [1.54, 1.807) is 32.4 Å². The standard InChI is InChI=1S/C25H27NO3/c1-4-26(17-19-8-6-5-7-9-19)18-20-10-12-21(13-11-20)25(27)22-14-15-23(28-2)24(16-22)29-3/h5-16H,4,17-18H2,1-3H3. The number of nitrogens with zero attached hydrogens (tertiary/aromatic N) is 1. The first-order valence-electron chi connectivity index (χ1n) is 9.76. The maximum absolute atomic E-state index is 12.8. The molecule has 0 aliphatic rings. The molecule has 3 aromatic carbocycles. The van der Waals surface area contributed by atoms with Gasteiger partial charge in [-0.15, -0.1) is 0 Å². The van der Waals surface area contributed by atoms with Gasteiger partial charge in [-0.3, -0.25) is 9.69 Å². The van der Waals surface area contributed by atoms with Gasteiger partial charge in [0.2, 0.25) is 0 Å². The number of hydrogen-bond acceptors (Lipinski definition) is 4. The molecule has 0 amide bonds. The van der Waals surface area contributed by atoms with Gasteiger partial charge in [-0.1, -0.05) is 61.5 Å². The van der Waals surface area contributed by atoms with Crippen LogP contribution in [0.5, 0.6) is 11.5 Å². The van der Waals surface area contributed by atoms with Gasteiger partial charge >= 0.3 is 0 Å². The summed E-state index contributed by atoms with van der Waals surface area (Å²) in [5.41, 5.74) is 3.72. The van der Waals surface area contributed by atoms with Crippen LogP contribution in [0.2, 0.25) is 0 Å². The molecule has 0 fully saturated rings. The third-order valence-electron chi connectivity index (χ3n) is 4.96. The van der Waals surface area contributed by atoms with Gasteiger partial charge in [0.25, 0.3) is 0 Å². The molecule has 0 aliphatic carbocycles. The van der Waals surface area contributed by atoms with Crippen LogP contribution in [0.1, 0.15) is 34.0 Å². The maximum atomic E-state index is 12.8. The van der Waals surface area contributed by atoms with E-state index >= 15 is 0 Å². The predicted molar refractivity (Wildman–Crippen MR) is 116 cm³/mol. The number of methoxy groups -OCH3 is 2. The number of carbonyl (C=O) groups excluding carboxylic acids is 1. The van der Waals surface area contributed by atoms with Crippen molar-refractivity contribution in [3.63, 3.8) is 0 Å². The highest BCUT2D eigenvalue weighted by Crippen LogP contribution is 2.28. The number of ketones is 1. The minimum absolute atomic E-state index is 0.0332. The molecule has 4 nitrogen and oxygen atoms in total. The molecule has 0 spiro atoms. The molecular formula is C25H27NO3. The van der Waals surface area contributed by atoms with Gasteiger partial charge in [0.1, 0.15) is 0 Å². The summed E-state index contributed by atoms with van der Waals surface area (Å²) < 4.78 is 10.5. The van der Waals surface area contributed by atoms with E-state index in [1.807, 2.05) is 30.3 Å². The Hall–Kier alpha value is -3.11. The summed E-state index contributed by atoms with van der Waals surface area (Å²) in [6.07, 6.45) is 0. The average molecular weight is 389 g/mol. The number of rotatable bonds is 9. The first kappa shape index (κ1) is 20.6. The van der Waals surface area contributed by atoms with Crippen LogP contribution in [0.3, 0.4) is 0 Å². The Bertz CT molecular complexity index is 936. The quantitative estimate of drug-likeness (QED) is 0.485. The molecule has 0 saturated carbocycles. The van der Waals surface area contributed by atoms with Crippen molar-refractivity contribution in [2.75, 3.05) is 20.8 Å². The average Bonchev–Trinajstić information content (AvgIpc) is 2.78. The molecule has 0 bridgehead atoms. The Kier molecular flexibility index (Phi) is 7.04. The lowest BCUT2D eigenvalue weighted by Gasteiger charge is -2.20. The number of carbonyl (C=O) groups is 1. The van der Waals surface area contributed by atoms with E-state index in [2.05, 4.69) is 36.1 Å². The zero-order chi connectivity index (χ0) is 20.6. The fourth-order valence-corrected chi connectivity index (χ4v) is 3.28. The molecule has 0 heterocycles. The second-order valence-electron chi connectivity index (χ2n) is 6.88. The van der Waals surface area contributed by atoms with Crippen LogP contribution in [0.4, 0.5) is 0 Å². The Morgan fingerprint density at radius 3 is 1.93 bits per heavy atom. The zero-order valence-electron chi connectivity index (χ0n) is 17.2. The van der Waals surface area contributed by atoms with Gasteiger partial charge in [0.15, 0.2) is 17.3 Å². The molecule has 29 heavy (non-hydrogen) atoms. The van der Waals surface area contributed by atoms with E-state index in [0.29, 0.717) is 22.6 Å². The second-order valence-corrected chi connectivity index (χ2v) is 6.88. The first-order valence-corrected chi connectivity index (χ1v) is 9.76. The van der Waals surface area contributed by atoms with Crippen LogP contribution >= 0.6 is 0 Å². The van der Waals surface area contributed by atoms with Crippen LogP contribution in [0.15, 0.2) is 72.8 Å². The topological polar surface area (TPSA) is 38.8 Å². The lowest BCUT2D eigenvalue weighted by molar-refractivity contribution is 0.103. The van der Waals surface area contributed by atoms with Crippen molar-refractivity contribution in [3.05, 3.63) is 95.1 Å². The third kappa shape index (κ3) is 5.24. The minimum atomic E-state index is -0.0332. The molecule has 150 valence electrons. The second kappa shape index (κ2) is 9.89. The molecule has 3 aromatic rings. The van der Waals surface area contributed by atoms with Crippen molar-refractivity contribution in [2.45, 2.75) is 20.0 Å². The highest BCUT2D eigenvalue weighted by Gasteiger charge is 2.13. The summed E-state index contributed by atoms with van der Waals surface area (Å²) >= 11 is 0. The lowest BCUT2D eigenvalue weighted by Crippen LogP contribution is -2.22. The van der Waals surface area contributed by atoms with E-state index in [9.17, 15) is 4.79 Å². The highest BCUT2D eigenvalue weighted by molar-refractivity contribution is 6.09. The third-order valence-corrected chi connectivity index (χ3v) is 4.96. The van der Waals surface area contributed by atoms with Crippen molar-refractivity contribution >= 4 is 5.78 Å². The van der Waals surface area contributed by atoms with Crippen molar-refractivity contribution in [2.24, 2.45) is 0 Å². The molecule has 0 radical (unpaired) electrons. The van der Waals surface area contributed by atoms with E-state index in [0.717, 1.165) is 19.6 Å². The van der Waals surface area contributed by atoms with Crippen LogP contribution in [-0.4, -0.2) is 31.4 Å². The summed E-state index contributed by atoms with van der Waals surface area (Å²) in [7, 11) is 3.14. The fraction of sp³-hybridized carbons (Fsp3) is 0.240. The number of hydrogen-bond donors (Lipinski definition) is 0. The fourth-order valence-electron chi connectivity index (χ4n) is 3.28. The summed E-state index contributed by atoms with van der Waals surface area (Å²) in [6, 6.07) is 23.5. The minimum Gasteiger partial charge on any atom is -0.493 e. The molecule has 4 heteroatoms. The molecular weight excluding hydrogens is 362 g/mol. The van der Waals surface area contributed by atoms with Gasteiger partial charge in [-0.05, 0) is 35.9 Å². The molecule has 0 aliphatic heterocycles. The summed E-state index contributed by atoms with van der Waals surface area (Å²) in [4.78, 5) is 15.2. The Labute approximate surface area is 172 Å². The largest absolute Gasteiger partial charge is 0.493 e. The molecule has 0 saturated heterocycles. The van der Waals surface area contributed by atoms with Crippen LogP contribution < -0.4 is 9.47 Å². The SMILES string of the molecule is CCN(Cc1ccccc1)Cc1ccc(C(=O)c2ccc(OC)c(OC)c2)cc1. The summed E-state index contributed by atoms with van der Waals surface area (Å²) in [5.74, 6) is 1.13. The van der Waals surface area contributed by atoms with E-state index < -0.39 is 0 Å². The summed E-state index contributed by atoms with van der Waals surface area (Å²) in [6.45, 7) is 4.87. The van der Waals surface area contributed by atoms with Crippen LogP contribution in [0.25, 0.3) is 0 Å². The molecule has 0 atom stereocenters. The van der Waals surface area contributed by atoms with E-state index in [-0.39, 0.29) is 5.78 Å². The molecule has 0 aromatic heterocycles. The van der Waals surface area contributed by atoms with Gasteiger partial charge in [-0.2, -0.15) is 0 Å². The maximum Gasteiger partial charge on any atom is 0.193 e. The Balaban J connectivity index is 1.70. The van der Waals surface area contributed by atoms with Crippen molar-refractivity contribution < 1.29 is 14.3 Å². The number of benzene rings is 3. The summed E-state index contributed by atoms with van der Waals surface area (Å²) in [5, 5.41) is 0. The van der Waals surface area contributed by atoms with Gasteiger partial charge in [-0.25, -0.2) is 0 Å². The van der Waals surface area contributed by atoms with Gasteiger partial charge < -0.3 is 9.47 Å². The Morgan fingerprint density at radius 1 is 0.759 bits per heavy atom. The van der Waals surface area contributed by atoms with Crippen LogP contribution in [-0.2, 0) is 13.1 Å². The van der Waals surface area contributed by atoms with E-state index in [4.69, 9.17) is 9.47 Å². The van der Waals surface area contributed by atoms with Crippen molar-refractivity contribution in [1.29, 1.82) is 0 Å². The highest BCUT2D eigenvalue weighted by atomic mass is 16.5. The lowest BCUT2D eigenvalue weighted by atomic mass is 10.0. The predicted octanol–water partition coefficient (Wildman–Crippen LogP) is 4.96. The normalized spacial score (nSPS) is 10.8. The first-order chi connectivity index (χ1) is 14.1. The monoisotopic (exact) mass is 389 g/mol. The zero-order valence-corrected chi connectivity index (χ0v) is 17.2. The van der Waals surface area contributed by atoms with Gasteiger partial charge in [0.05, 0.1) is 14.2 Å². The molecule has 3 rings (SSSR count). The van der Waals surface area contributed by atoms with Gasteiger partial charge in [0, 0.05) is 24.2 Å². The van der Waals surface area contributed by atoms with Crippen LogP contribution in [0, 0.1) is 0 Å². The molecule has 0 N–H and O–H groups in total. The van der Waals surface area contributed by atoms with Crippen molar-refractivity contribution in [3.8, 4) is 11.5 Å². The molecule has 0 unspecified atom stereocenters. The van der Waals surface area contributed by atoms with Crippen molar-refractivity contribution in [1.82, 2.24) is 4.90 Å². The smallest absolute Gasteiger partial charge is 0.193 e.